The van der Waals surface area contributed by atoms with Gasteiger partial charge in [0.05, 0.1) is 11.6 Å². The van der Waals surface area contributed by atoms with Gasteiger partial charge in [-0.3, -0.25) is 4.79 Å². The third-order valence-corrected chi connectivity index (χ3v) is 2.25. The van der Waals surface area contributed by atoms with Crippen LogP contribution in [0.4, 0.5) is 23.7 Å². The Morgan fingerprint density at radius 1 is 1.29 bits per heavy atom. The van der Waals surface area contributed by atoms with Crippen molar-refractivity contribution in [1.29, 1.82) is 5.26 Å². The minimum absolute atomic E-state index is 0.126. The number of aliphatic carboxylic acids is 1. The molecular weight excluding hydrogens is 291 g/mol. The first kappa shape index (κ1) is 16.3. The monoisotopic (exact) mass is 301 g/mol. The molecule has 0 aliphatic rings. The van der Waals surface area contributed by atoms with Crippen LogP contribution in [0.15, 0.2) is 24.3 Å². The van der Waals surface area contributed by atoms with E-state index in [2.05, 4.69) is 5.32 Å². The third-order valence-electron chi connectivity index (χ3n) is 2.25. The Balaban J connectivity index is 2.79. The summed E-state index contributed by atoms with van der Waals surface area (Å²) in [5.41, 5.74) is 0.460. The minimum Gasteiger partial charge on any atom is -0.480 e. The lowest BCUT2D eigenvalue weighted by Crippen LogP contribution is -2.44. The van der Waals surface area contributed by atoms with E-state index in [1.54, 1.807) is 0 Å². The van der Waals surface area contributed by atoms with E-state index in [1.165, 1.54) is 24.3 Å². The van der Waals surface area contributed by atoms with Crippen LogP contribution in [0, 0.1) is 11.3 Å². The molecule has 0 aliphatic carbocycles. The number of rotatable bonds is 4. The van der Waals surface area contributed by atoms with E-state index in [4.69, 9.17) is 10.4 Å². The van der Waals surface area contributed by atoms with E-state index in [-0.39, 0.29) is 10.6 Å². The Hall–Kier alpha value is -2.76. The summed E-state index contributed by atoms with van der Waals surface area (Å²) in [7, 11) is 0. The molecule has 0 radical (unpaired) electrons. The lowest BCUT2D eigenvalue weighted by Gasteiger charge is -2.22. The number of halogens is 3. The van der Waals surface area contributed by atoms with Gasteiger partial charge in [0.2, 0.25) is 0 Å². The predicted molar refractivity (Wildman–Crippen MR) is 65.4 cm³/mol. The van der Waals surface area contributed by atoms with Gasteiger partial charge in [-0.05, 0) is 24.3 Å². The first-order chi connectivity index (χ1) is 9.71. The number of nitriles is 1. The van der Waals surface area contributed by atoms with Crippen molar-refractivity contribution in [2.75, 3.05) is 18.4 Å². The lowest BCUT2D eigenvalue weighted by molar-refractivity contribution is -0.148. The van der Waals surface area contributed by atoms with Gasteiger partial charge in [0.25, 0.3) is 0 Å². The fourth-order valence-electron chi connectivity index (χ4n) is 1.41. The molecule has 0 spiro atoms. The summed E-state index contributed by atoms with van der Waals surface area (Å²) in [5.74, 6) is -1.56. The second-order valence-electron chi connectivity index (χ2n) is 3.98. The smallest absolute Gasteiger partial charge is 0.406 e. The molecule has 0 atom stereocenters. The number of carbonyl (C=O) groups excluding carboxylic acids is 1. The summed E-state index contributed by atoms with van der Waals surface area (Å²) in [6.07, 6.45) is -4.71. The fraction of sp³-hybridized carbons (Fsp3) is 0.250. The number of carboxylic acid groups (broad SMARTS) is 1. The zero-order valence-corrected chi connectivity index (χ0v) is 10.5. The van der Waals surface area contributed by atoms with Gasteiger partial charge in [-0.1, -0.05) is 0 Å². The molecule has 1 rings (SSSR count). The van der Waals surface area contributed by atoms with Gasteiger partial charge in [-0.25, -0.2) is 4.79 Å². The number of amides is 2. The Bertz CT molecular complexity index is 564. The molecule has 2 amide bonds. The standard InChI is InChI=1S/C12H10F3N3O3/c13-12(14,15)7-18(6-10(19)20)11(21)17-9-3-1-8(5-16)2-4-9/h1-4H,6-7H2,(H,17,21)(H,19,20). The van der Waals surface area contributed by atoms with Crippen LogP contribution in [0.5, 0.6) is 0 Å². The summed E-state index contributed by atoms with van der Waals surface area (Å²) >= 11 is 0. The molecule has 1 aromatic rings. The zero-order valence-electron chi connectivity index (χ0n) is 10.5. The predicted octanol–water partition coefficient (Wildman–Crippen LogP) is 2.04. The normalized spacial score (nSPS) is 10.6. The molecule has 112 valence electrons. The van der Waals surface area contributed by atoms with Gasteiger partial charge >= 0.3 is 18.2 Å². The Labute approximate surface area is 117 Å². The van der Waals surface area contributed by atoms with Crippen molar-refractivity contribution in [3.63, 3.8) is 0 Å². The van der Waals surface area contributed by atoms with Crippen LogP contribution < -0.4 is 5.32 Å². The number of nitrogens with one attached hydrogen (secondary N) is 1. The largest absolute Gasteiger partial charge is 0.480 e. The fourth-order valence-corrected chi connectivity index (χ4v) is 1.41. The Morgan fingerprint density at radius 2 is 1.86 bits per heavy atom. The molecule has 1 aromatic carbocycles. The second-order valence-corrected chi connectivity index (χ2v) is 3.98. The molecule has 0 heterocycles. The van der Waals surface area contributed by atoms with Crippen molar-refractivity contribution >= 4 is 17.7 Å². The highest BCUT2D eigenvalue weighted by Crippen LogP contribution is 2.17. The molecule has 0 aromatic heterocycles. The number of anilines is 1. The van der Waals surface area contributed by atoms with Crippen LogP contribution in [0.2, 0.25) is 0 Å². The van der Waals surface area contributed by atoms with Crippen molar-refractivity contribution in [3.8, 4) is 6.07 Å². The van der Waals surface area contributed by atoms with Crippen LogP contribution in [-0.2, 0) is 4.79 Å². The number of nitrogens with zero attached hydrogens (tertiary/aromatic N) is 2. The van der Waals surface area contributed by atoms with Gasteiger partial charge < -0.3 is 15.3 Å². The number of hydrogen-bond donors (Lipinski definition) is 2. The molecule has 0 aliphatic heterocycles. The van der Waals surface area contributed by atoms with Crippen LogP contribution >= 0.6 is 0 Å². The SMILES string of the molecule is N#Cc1ccc(NC(=O)N(CC(=O)O)CC(F)(F)F)cc1. The second kappa shape index (κ2) is 6.60. The maximum absolute atomic E-state index is 12.3. The van der Waals surface area contributed by atoms with E-state index in [1.807, 2.05) is 6.07 Å². The van der Waals surface area contributed by atoms with E-state index in [0.717, 1.165) is 0 Å². The maximum atomic E-state index is 12.3. The molecule has 21 heavy (non-hydrogen) atoms. The van der Waals surface area contributed by atoms with Crippen molar-refractivity contribution < 1.29 is 27.9 Å². The number of urea groups is 1. The number of carbonyl (C=O) groups is 2. The van der Waals surface area contributed by atoms with Crippen molar-refractivity contribution in [3.05, 3.63) is 29.8 Å². The highest BCUT2D eigenvalue weighted by atomic mass is 19.4. The van der Waals surface area contributed by atoms with E-state index in [0.29, 0.717) is 5.56 Å². The summed E-state index contributed by atoms with van der Waals surface area (Å²) in [4.78, 5) is 22.3. The molecule has 0 fully saturated rings. The van der Waals surface area contributed by atoms with Gasteiger partial charge in [-0.15, -0.1) is 0 Å². The van der Waals surface area contributed by atoms with Crippen LogP contribution in [0.1, 0.15) is 5.56 Å². The third kappa shape index (κ3) is 5.82. The van der Waals surface area contributed by atoms with Crippen LogP contribution in [0.25, 0.3) is 0 Å². The first-order valence-electron chi connectivity index (χ1n) is 5.56. The van der Waals surface area contributed by atoms with Crippen LogP contribution in [0.3, 0.4) is 0 Å². The summed E-state index contributed by atoms with van der Waals surface area (Å²) in [6.45, 7) is -2.76. The molecule has 0 bridgehead atoms. The first-order valence-corrected chi connectivity index (χ1v) is 5.56. The highest BCUT2D eigenvalue weighted by molar-refractivity contribution is 5.91. The number of hydrogen-bond acceptors (Lipinski definition) is 3. The molecular formula is C12H10F3N3O3. The number of benzene rings is 1. The molecule has 9 heteroatoms. The highest BCUT2D eigenvalue weighted by Gasteiger charge is 2.34. The van der Waals surface area contributed by atoms with Crippen LogP contribution in [-0.4, -0.2) is 41.3 Å². The summed E-state index contributed by atoms with van der Waals surface area (Å²) in [6, 6.07) is 6.01. The molecule has 0 unspecified atom stereocenters. The van der Waals surface area contributed by atoms with E-state index < -0.39 is 31.3 Å². The minimum atomic E-state index is -4.71. The van der Waals surface area contributed by atoms with Gasteiger partial charge in [0.15, 0.2) is 0 Å². The van der Waals surface area contributed by atoms with Crippen molar-refractivity contribution in [2.24, 2.45) is 0 Å². The van der Waals surface area contributed by atoms with Gasteiger partial charge in [0, 0.05) is 5.69 Å². The van der Waals surface area contributed by atoms with Crippen molar-refractivity contribution in [1.82, 2.24) is 4.90 Å². The molecule has 6 nitrogen and oxygen atoms in total. The van der Waals surface area contributed by atoms with Gasteiger partial charge in [0.1, 0.15) is 13.1 Å². The number of carboxylic acids is 1. The topological polar surface area (TPSA) is 93.4 Å². The van der Waals surface area contributed by atoms with Crippen molar-refractivity contribution in [2.45, 2.75) is 6.18 Å². The average Bonchev–Trinajstić information content (AvgIpc) is 2.36. The summed E-state index contributed by atoms with van der Waals surface area (Å²) < 4.78 is 36.9. The maximum Gasteiger partial charge on any atom is 0.406 e. The summed E-state index contributed by atoms with van der Waals surface area (Å²) in [5, 5.41) is 19.3. The Morgan fingerprint density at radius 3 is 2.29 bits per heavy atom. The van der Waals surface area contributed by atoms with Gasteiger partial charge in [-0.2, -0.15) is 18.4 Å². The Kier molecular flexibility index (Phi) is 5.12. The van der Waals surface area contributed by atoms with E-state index in [9.17, 15) is 22.8 Å². The molecule has 0 saturated heterocycles. The molecule has 0 saturated carbocycles. The number of alkyl halides is 3. The van der Waals surface area contributed by atoms with E-state index >= 15 is 0 Å². The average molecular weight is 301 g/mol. The quantitative estimate of drug-likeness (QED) is 0.890. The molecule has 2 N–H and O–H groups in total. The zero-order chi connectivity index (χ0) is 16.0. The lowest BCUT2D eigenvalue weighted by atomic mass is 10.2.